The summed E-state index contributed by atoms with van der Waals surface area (Å²) in [6.45, 7) is 0. The fourth-order valence-electron chi connectivity index (χ4n) is 2.92. The summed E-state index contributed by atoms with van der Waals surface area (Å²) in [7, 11) is -4.29. The Bertz CT molecular complexity index is 1630. The zero-order valence-corrected chi connectivity index (χ0v) is 19.5. The normalized spacial score (nSPS) is 11.3. The van der Waals surface area contributed by atoms with E-state index in [4.69, 9.17) is 27.9 Å². The van der Waals surface area contributed by atoms with Crippen LogP contribution < -0.4 is 20.7 Å². The molecule has 0 aliphatic heterocycles. The third-order valence-electron chi connectivity index (χ3n) is 4.48. The number of aromatic nitrogens is 3. The van der Waals surface area contributed by atoms with E-state index in [-0.39, 0.29) is 32.9 Å². The SMILES string of the molecule is O=c1cnn(-c2cc(Cl)c(Oc3ccc(O)c(S(=O)(=O)Nc4ccc(F)cc4)c3)c(Cl)c2)c(=O)[nH]1. The van der Waals surface area contributed by atoms with E-state index in [1.807, 2.05) is 4.98 Å². The van der Waals surface area contributed by atoms with Gasteiger partial charge in [0.25, 0.3) is 15.6 Å². The van der Waals surface area contributed by atoms with E-state index in [0.29, 0.717) is 0 Å². The topological polar surface area (TPSA) is 143 Å². The van der Waals surface area contributed by atoms with Crippen LogP contribution in [0.5, 0.6) is 17.2 Å². The Labute approximate surface area is 206 Å². The summed E-state index contributed by atoms with van der Waals surface area (Å²) in [5.74, 6) is -1.23. The summed E-state index contributed by atoms with van der Waals surface area (Å²) >= 11 is 12.5. The minimum atomic E-state index is -4.29. The number of halogens is 3. The van der Waals surface area contributed by atoms with Crippen LogP contribution in [0.15, 0.2) is 75.3 Å². The van der Waals surface area contributed by atoms with Crippen molar-refractivity contribution in [2.24, 2.45) is 0 Å². The van der Waals surface area contributed by atoms with Gasteiger partial charge in [0, 0.05) is 11.8 Å². The second kappa shape index (κ2) is 9.41. The number of ether oxygens (including phenoxy) is 1. The second-order valence-corrected chi connectivity index (χ2v) is 9.40. The molecule has 0 amide bonds. The molecule has 0 atom stereocenters. The fraction of sp³-hybridized carbons (Fsp3) is 0. The first kappa shape index (κ1) is 24.3. The van der Waals surface area contributed by atoms with Crippen LogP contribution in [0, 0.1) is 5.82 Å². The summed E-state index contributed by atoms with van der Waals surface area (Å²) in [5, 5.41) is 13.7. The van der Waals surface area contributed by atoms with E-state index in [9.17, 15) is 27.5 Å². The van der Waals surface area contributed by atoms with Crippen LogP contribution >= 0.6 is 23.2 Å². The molecule has 0 saturated carbocycles. The van der Waals surface area contributed by atoms with Gasteiger partial charge in [-0.1, -0.05) is 23.2 Å². The van der Waals surface area contributed by atoms with Crippen molar-refractivity contribution in [2.75, 3.05) is 4.72 Å². The summed E-state index contributed by atoms with van der Waals surface area (Å²) < 4.78 is 47.4. The lowest BCUT2D eigenvalue weighted by atomic mass is 10.3. The van der Waals surface area contributed by atoms with Crippen molar-refractivity contribution in [3.63, 3.8) is 0 Å². The molecule has 3 aromatic carbocycles. The highest BCUT2D eigenvalue weighted by Crippen LogP contribution is 2.39. The highest BCUT2D eigenvalue weighted by atomic mass is 35.5. The Kier molecular flexibility index (Phi) is 6.52. The van der Waals surface area contributed by atoms with Gasteiger partial charge in [0.1, 0.15) is 28.4 Å². The van der Waals surface area contributed by atoms with Gasteiger partial charge in [-0.3, -0.25) is 14.5 Å². The van der Waals surface area contributed by atoms with Crippen LogP contribution in [-0.4, -0.2) is 28.3 Å². The van der Waals surface area contributed by atoms with Crippen molar-refractivity contribution < 1.29 is 22.7 Å². The minimum Gasteiger partial charge on any atom is -0.507 e. The molecule has 0 spiro atoms. The van der Waals surface area contributed by atoms with Crippen molar-refractivity contribution in [3.05, 3.63) is 97.5 Å². The first-order chi connectivity index (χ1) is 16.5. The molecular formula is C21H13Cl2FN4O6S. The lowest BCUT2D eigenvalue weighted by Gasteiger charge is -2.14. The predicted octanol–water partition coefficient (Wildman–Crippen LogP) is 3.67. The smallest absolute Gasteiger partial charge is 0.349 e. The first-order valence-corrected chi connectivity index (χ1v) is 11.7. The molecule has 0 radical (unpaired) electrons. The number of hydrogen-bond acceptors (Lipinski definition) is 7. The maximum Gasteiger partial charge on any atom is 0.349 e. The molecule has 14 heteroatoms. The standard InChI is InChI=1S/C21H13Cl2FN4O6S/c22-15-7-13(28-21(31)26-19(30)10-25-28)8-16(23)20(15)34-14-5-6-17(29)18(9-14)35(32,33)27-12-3-1-11(24)2-4-12/h1-10,27,29H,(H,26,30,31). The highest BCUT2D eigenvalue weighted by Gasteiger charge is 2.21. The third-order valence-corrected chi connectivity index (χ3v) is 6.45. The maximum atomic E-state index is 13.1. The molecule has 0 fully saturated rings. The zero-order valence-electron chi connectivity index (χ0n) is 17.2. The van der Waals surface area contributed by atoms with Gasteiger partial charge in [0.15, 0.2) is 5.75 Å². The van der Waals surface area contributed by atoms with E-state index >= 15 is 0 Å². The Hall–Kier alpha value is -3.87. The lowest BCUT2D eigenvalue weighted by molar-refractivity contribution is 0.449. The Morgan fingerprint density at radius 2 is 1.69 bits per heavy atom. The van der Waals surface area contributed by atoms with Crippen LogP contribution in [-0.2, 0) is 10.0 Å². The van der Waals surface area contributed by atoms with Gasteiger partial charge >= 0.3 is 5.69 Å². The van der Waals surface area contributed by atoms with Crippen molar-refractivity contribution in [1.82, 2.24) is 14.8 Å². The number of nitrogens with zero attached hydrogens (tertiary/aromatic N) is 2. The lowest BCUT2D eigenvalue weighted by Crippen LogP contribution is -2.30. The van der Waals surface area contributed by atoms with Crippen molar-refractivity contribution in [2.45, 2.75) is 4.90 Å². The molecule has 4 aromatic rings. The number of H-pyrrole nitrogens is 1. The number of rotatable bonds is 6. The number of phenolic OH excluding ortho intramolecular Hbond substituents is 1. The molecule has 0 unspecified atom stereocenters. The summed E-state index contributed by atoms with van der Waals surface area (Å²) in [4.78, 5) is 24.7. The molecule has 1 aromatic heterocycles. The number of sulfonamides is 1. The molecule has 0 bridgehead atoms. The van der Waals surface area contributed by atoms with Gasteiger partial charge in [-0.05, 0) is 48.5 Å². The van der Waals surface area contributed by atoms with Crippen LogP contribution in [0.1, 0.15) is 0 Å². The summed E-state index contributed by atoms with van der Waals surface area (Å²) in [6.07, 6.45) is 0.895. The molecule has 0 saturated heterocycles. The molecule has 3 N–H and O–H groups in total. The molecular weight excluding hydrogens is 526 g/mol. The van der Waals surface area contributed by atoms with E-state index in [1.54, 1.807) is 0 Å². The van der Waals surface area contributed by atoms with Crippen molar-refractivity contribution in [3.8, 4) is 22.9 Å². The molecule has 0 aliphatic rings. The summed E-state index contributed by atoms with van der Waals surface area (Å²) in [6, 6.07) is 10.6. The number of nitrogens with one attached hydrogen (secondary N) is 2. The van der Waals surface area contributed by atoms with E-state index in [1.165, 1.54) is 30.3 Å². The third kappa shape index (κ3) is 5.29. The molecule has 180 valence electrons. The quantitative estimate of drug-likeness (QED) is 0.339. The minimum absolute atomic E-state index is 0.0434. The second-order valence-electron chi connectivity index (χ2n) is 6.93. The van der Waals surface area contributed by atoms with E-state index < -0.39 is 37.7 Å². The number of benzene rings is 3. The van der Waals surface area contributed by atoms with Crippen molar-refractivity contribution in [1.29, 1.82) is 0 Å². The van der Waals surface area contributed by atoms with Crippen LogP contribution in [0.3, 0.4) is 0 Å². The highest BCUT2D eigenvalue weighted by molar-refractivity contribution is 7.92. The van der Waals surface area contributed by atoms with Gasteiger partial charge in [0.2, 0.25) is 0 Å². The molecule has 10 nitrogen and oxygen atoms in total. The van der Waals surface area contributed by atoms with Gasteiger partial charge < -0.3 is 9.84 Å². The number of hydrogen-bond donors (Lipinski definition) is 3. The number of aromatic amines is 1. The average molecular weight is 539 g/mol. The predicted molar refractivity (Wildman–Crippen MR) is 126 cm³/mol. The number of aromatic hydroxyl groups is 1. The van der Waals surface area contributed by atoms with E-state index in [2.05, 4.69) is 9.82 Å². The van der Waals surface area contributed by atoms with Crippen LogP contribution in [0.25, 0.3) is 5.69 Å². The average Bonchev–Trinajstić information content (AvgIpc) is 2.78. The largest absolute Gasteiger partial charge is 0.507 e. The zero-order chi connectivity index (χ0) is 25.3. The first-order valence-electron chi connectivity index (χ1n) is 9.51. The summed E-state index contributed by atoms with van der Waals surface area (Å²) in [5.41, 5.74) is -1.30. The van der Waals surface area contributed by atoms with Crippen LogP contribution in [0.2, 0.25) is 10.0 Å². The monoisotopic (exact) mass is 538 g/mol. The van der Waals surface area contributed by atoms with Crippen LogP contribution in [0.4, 0.5) is 10.1 Å². The van der Waals surface area contributed by atoms with Gasteiger partial charge in [-0.25, -0.2) is 17.6 Å². The Morgan fingerprint density at radius 1 is 1.03 bits per heavy atom. The van der Waals surface area contributed by atoms with Gasteiger partial charge in [-0.2, -0.15) is 9.78 Å². The van der Waals surface area contributed by atoms with E-state index in [0.717, 1.165) is 35.1 Å². The molecule has 35 heavy (non-hydrogen) atoms. The number of phenols is 1. The molecule has 1 heterocycles. The number of anilines is 1. The Morgan fingerprint density at radius 3 is 2.31 bits per heavy atom. The van der Waals surface area contributed by atoms with Gasteiger partial charge in [-0.15, -0.1) is 0 Å². The fourth-order valence-corrected chi connectivity index (χ4v) is 4.65. The maximum absolute atomic E-state index is 13.1. The van der Waals surface area contributed by atoms with Crippen molar-refractivity contribution >= 4 is 38.9 Å². The Balaban J connectivity index is 1.66. The molecule has 0 aliphatic carbocycles. The van der Waals surface area contributed by atoms with Gasteiger partial charge in [0.05, 0.1) is 15.7 Å². The molecule has 4 rings (SSSR count).